The molecule has 0 aliphatic carbocycles. The van der Waals surface area contributed by atoms with Crippen molar-refractivity contribution in [3.05, 3.63) is 0 Å². The number of hydrogen-bond donors (Lipinski definition) is 2. The third-order valence-electron chi connectivity index (χ3n) is 4.71. The van der Waals surface area contributed by atoms with Crippen LogP contribution in [-0.4, -0.2) is 74.5 Å². The molecular formula is C20H42IN5O. The highest BCUT2D eigenvalue weighted by Crippen LogP contribution is 2.12. The maximum absolute atomic E-state index is 12.1. The fourth-order valence-electron chi connectivity index (χ4n) is 3.22. The molecule has 1 aliphatic heterocycles. The van der Waals surface area contributed by atoms with Crippen LogP contribution in [0.3, 0.4) is 0 Å². The Hall–Kier alpha value is -0.570. The molecule has 1 fully saturated rings. The van der Waals surface area contributed by atoms with Crippen molar-refractivity contribution in [2.24, 2.45) is 10.9 Å². The average molecular weight is 495 g/mol. The molecule has 0 saturated carbocycles. The molecule has 1 amide bonds. The van der Waals surface area contributed by atoms with Gasteiger partial charge in [0.05, 0.1) is 0 Å². The number of hydrogen-bond acceptors (Lipinski definition) is 3. The number of nitrogens with one attached hydrogen (secondary N) is 2. The van der Waals surface area contributed by atoms with Crippen molar-refractivity contribution in [2.45, 2.75) is 65.3 Å². The van der Waals surface area contributed by atoms with Crippen LogP contribution in [0.5, 0.6) is 0 Å². The normalized spacial score (nSPS) is 17.4. The Morgan fingerprint density at radius 1 is 1.19 bits per heavy atom. The summed E-state index contributed by atoms with van der Waals surface area (Å²) in [7, 11) is 4.26. The average Bonchev–Trinajstić information content (AvgIpc) is 3.04. The van der Waals surface area contributed by atoms with E-state index in [9.17, 15) is 4.79 Å². The van der Waals surface area contributed by atoms with E-state index in [0.29, 0.717) is 6.04 Å². The fraction of sp³-hybridized carbons (Fsp3) is 0.900. The lowest BCUT2D eigenvalue weighted by Crippen LogP contribution is -2.45. The minimum atomic E-state index is 0. The Balaban J connectivity index is 0.00000676. The minimum absolute atomic E-state index is 0. The first kappa shape index (κ1) is 26.4. The molecule has 7 heteroatoms. The smallest absolute Gasteiger partial charge is 0.225 e. The number of carbonyl (C=O) groups excluding carboxylic acids is 1. The van der Waals surface area contributed by atoms with Crippen LogP contribution in [0.2, 0.25) is 0 Å². The number of aliphatic imine (C=N–C) groups is 1. The topological polar surface area (TPSA) is 60.0 Å². The van der Waals surface area contributed by atoms with Crippen molar-refractivity contribution >= 4 is 35.8 Å². The van der Waals surface area contributed by atoms with Crippen LogP contribution in [0.4, 0.5) is 0 Å². The van der Waals surface area contributed by atoms with E-state index < -0.39 is 0 Å². The van der Waals surface area contributed by atoms with Crippen LogP contribution >= 0.6 is 24.0 Å². The summed E-state index contributed by atoms with van der Waals surface area (Å²) in [5, 5.41) is 6.83. The third-order valence-corrected chi connectivity index (χ3v) is 4.71. The largest absolute Gasteiger partial charge is 0.357 e. The van der Waals surface area contributed by atoms with E-state index in [2.05, 4.69) is 36.6 Å². The fourth-order valence-corrected chi connectivity index (χ4v) is 3.22. The van der Waals surface area contributed by atoms with Gasteiger partial charge in [-0.15, -0.1) is 24.0 Å². The molecule has 1 heterocycles. The number of halogens is 1. The van der Waals surface area contributed by atoms with Gasteiger partial charge in [0.2, 0.25) is 5.91 Å². The van der Waals surface area contributed by atoms with Crippen LogP contribution in [-0.2, 0) is 4.79 Å². The van der Waals surface area contributed by atoms with E-state index >= 15 is 0 Å². The van der Waals surface area contributed by atoms with Crippen molar-refractivity contribution in [3.8, 4) is 0 Å². The zero-order chi connectivity index (χ0) is 19.4. The summed E-state index contributed by atoms with van der Waals surface area (Å²) in [5.41, 5.74) is 0. The van der Waals surface area contributed by atoms with Gasteiger partial charge in [0.25, 0.3) is 0 Å². The first-order chi connectivity index (χ1) is 12.4. The van der Waals surface area contributed by atoms with Crippen LogP contribution in [0.25, 0.3) is 0 Å². The second kappa shape index (κ2) is 15.4. The number of carbonyl (C=O) groups is 1. The van der Waals surface area contributed by atoms with Gasteiger partial charge in [-0.3, -0.25) is 9.79 Å². The maximum Gasteiger partial charge on any atom is 0.225 e. The molecule has 6 nitrogen and oxygen atoms in total. The standard InChI is InChI=1S/C20H41N5O.HI/c1-6-21-20(22-13-10-8-7-9-11-14-24(4)5)23-18-12-15-25(16-18)19(26)17(2)3;/h17-18H,6-16H2,1-5H3,(H2,21,22,23);1H. The van der Waals surface area contributed by atoms with E-state index in [4.69, 9.17) is 4.99 Å². The summed E-state index contributed by atoms with van der Waals surface area (Å²) >= 11 is 0. The molecule has 1 rings (SSSR count). The first-order valence-corrected chi connectivity index (χ1v) is 10.4. The molecule has 0 aromatic carbocycles. The number of amides is 1. The predicted molar refractivity (Wildman–Crippen MR) is 126 cm³/mol. The van der Waals surface area contributed by atoms with Gasteiger partial charge >= 0.3 is 0 Å². The summed E-state index contributed by atoms with van der Waals surface area (Å²) in [4.78, 5) is 21.0. The first-order valence-electron chi connectivity index (χ1n) is 10.4. The predicted octanol–water partition coefficient (Wildman–Crippen LogP) is 2.93. The van der Waals surface area contributed by atoms with Crippen molar-refractivity contribution in [1.29, 1.82) is 0 Å². The number of guanidine groups is 1. The SMILES string of the molecule is CCNC(=NCCCCCCCN(C)C)NC1CCN(C(=O)C(C)C)C1.I. The summed E-state index contributed by atoms with van der Waals surface area (Å²) in [6.45, 7) is 10.6. The molecular weight excluding hydrogens is 453 g/mol. The van der Waals surface area contributed by atoms with Gasteiger partial charge in [-0.05, 0) is 46.8 Å². The molecule has 1 atom stereocenters. The van der Waals surface area contributed by atoms with Crippen LogP contribution in [0.15, 0.2) is 4.99 Å². The highest BCUT2D eigenvalue weighted by atomic mass is 127. The lowest BCUT2D eigenvalue weighted by Gasteiger charge is -2.20. The van der Waals surface area contributed by atoms with Crippen molar-refractivity contribution in [1.82, 2.24) is 20.4 Å². The van der Waals surface area contributed by atoms with Gasteiger partial charge in [-0.1, -0.05) is 33.1 Å². The second-order valence-electron chi connectivity index (χ2n) is 7.90. The lowest BCUT2D eigenvalue weighted by molar-refractivity contribution is -0.133. The third kappa shape index (κ3) is 11.8. The second-order valence-corrected chi connectivity index (χ2v) is 7.90. The maximum atomic E-state index is 12.1. The van der Waals surface area contributed by atoms with E-state index in [-0.39, 0.29) is 35.8 Å². The monoisotopic (exact) mass is 495 g/mol. The van der Waals surface area contributed by atoms with E-state index in [1.807, 2.05) is 18.7 Å². The van der Waals surface area contributed by atoms with Gasteiger partial charge in [-0.25, -0.2) is 0 Å². The van der Waals surface area contributed by atoms with Crippen molar-refractivity contribution < 1.29 is 4.79 Å². The van der Waals surface area contributed by atoms with Crippen molar-refractivity contribution in [2.75, 3.05) is 46.8 Å². The Morgan fingerprint density at radius 3 is 2.48 bits per heavy atom. The molecule has 0 bridgehead atoms. The molecule has 27 heavy (non-hydrogen) atoms. The molecule has 1 saturated heterocycles. The van der Waals surface area contributed by atoms with Gasteiger partial charge in [0.15, 0.2) is 5.96 Å². The number of unbranched alkanes of at least 4 members (excludes halogenated alkanes) is 4. The lowest BCUT2D eigenvalue weighted by atomic mass is 10.1. The van der Waals surface area contributed by atoms with Crippen LogP contribution < -0.4 is 10.6 Å². The molecule has 0 radical (unpaired) electrons. The molecule has 0 spiro atoms. The number of nitrogens with zero attached hydrogens (tertiary/aromatic N) is 3. The van der Waals surface area contributed by atoms with Gasteiger partial charge in [-0.2, -0.15) is 0 Å². The Labute approximate surface area is 183 Å². The van der Waals surface area contributed by atoms with Gasteiger partial charge in [0.1, 0.15) is 0 Å². The van der Waals surface area contributed by atoms with Gasteiger partial charge < -0.3 is 20.4 Å². The van der Waals surface area contributed by atoms with Gasteiger partial charge in [0, 0.05) is 38.1 Å². The highest BCUT2D eigenvalue weighted by molar-refractivity contribution is 14.0. The van der Waals surface area contributed by atoms with E-state index in [1.54, 1.807) is 0 Å². The van der Waals surface area contributed by atoms with E-state index in [1.165, 1.54) is 32.2 Å². The Morgan fingerprint density at radius 2 is 1.85 bits per heavy atom. The highest BCUT2D eigenvalue weighted by Gasteiger charge is 2.27. The molecule has 160 valence electrons. The van der Waals surface area contributed by atoms with Crippen LogP contribution in [0, 0.1) is 5.92 Å². The molecule has 0 aromatic rings. The molecule has 1 aliphatic rings. The van der Waals surface area contributed by atoms with E-state index in [0.717, 1.165) is 45.0 Å². The summed E-state index contributed by atoms with van der Waals surface area (Å²) < 4.78 is 0. The summed E-state index contributed by atoms with van der Waals surface area (Å²) in [5.74, 6) is 1.22. The molecule has 2 N–H and O–H groups in total. The minimum Gasteiger partial charge on any atom is -0.357 e. The summed E-state index contributed by atoms with van der Waals surface area (Å²) in [6, 6.07) is 0.307. The van der Waals surface area contributed by atoms with Crippen molar-refractivity contribution in [3.63, 3.8) is 0 Å². The summed E-state index contributed by atoms with van der Waals surface area (Å²) in [6.07, 6.45) is 7.27. The van der Waals surface area contributed by atoms with Crippen LogP contribution in [0.1, 0.15) is 59.3 Å². The quantitative estimate of drug-likeness (QED) is 0.200. The number of rotatable bonds is 11. The Kier molecular flexibility index (Phi) is 15.0. The number of likely N-dealkylation sites (tertiary alicyclic amines) is 1. The zero-order valence-corrected chi connectivity index (χ0v) is 20.4. The Bertz CT molecular complexity index is 429. The molecule has 1 unspecified atom stereocenters. The zero-order valence-electron chi connectivity index (χ0n) is 18.1. The molecule has 0 aromatic heterocycles.